The molecule has 1 aliphatic rings. The molecular formula is C9H10F3NO2. The summed E-state index contributed by atoms with van der Waals surface area (Å²) >= 11 is 0. The lowest BCUT2D eigenvalue weighted by Gasteiger charge is -2.26. The highest BCUT2D eigenvalue weighted by Crippen LogP contribution is 2.39. The molecule has 0 amide bonds. The fraction of sp³-hybridized carbons (Fsp3) is 0.556. The van der Waals surface area contributed by atoms with Crippen LogP contribution in [0.15, 0.2) is 22.8 Å². The zero-order chi connectivity index (χ0) is 11.1. The van der Waals surface area contributed by atoms with Crippen molar-refractivity contribution in [2.75, 3.05) is 6.54 Å². The number of rotatable bonds is 1. The minimum atomic E-state index is -4.44. The first-order valence-corrected chi connectivity index (χ1v) is 4.45. The van der Waals surface area contributed by atoms with Crippen LogP contribution in [0, 0.1) is 0 Å². The van der Waals surface area contributed by atoms with Crippen molar-refractivity contribution in [1.29, 1.82) is 0 Å². The van der Waals surface area contributed by atoms with Crippen molar-refractivity contribution in [2.24, 2.45) is 0 Å². The fourth-order valence-electron chi connectivity index (χ4n) is 1.46. The minimum Gasteiger partial charge on any atom is -0.467 e. The number of furan rings is 1. The summed E-state index contributed by atoms with van der Waals surface area (Å²) in [7, 11) is 0. The van der Waals surface area contributed by atoms with Crippen molar-refractivity contribution in [1.82, 2.24) is 5.32 Å². The van der Waals surface area contributed by atoms with E-state index in [-0.39, 0.29) is 6.54 Å². The van der Waals surface area contributed by atoms with Crippen molar-refractivity contribution in [3.63, 3.8) is 0 Å². The minimum absolute atomic E-state index is 0.0868. The molecule has 84 valence electrons. The Morgan fingerprint density at radius 2 is 2.27 bits per heavy atom. The third kappa shape index (κ3) is 1.74. The molecule has 0 saturated carbocycles. The van der Waals surface area contributed by atoms with Gasteiger partial charge in [-0.2, -0.15) is 13.2 Å². The van der Waals surface area contributed by atoms with Gasteiger partial charge in [-0.25, -0.2) is 0 Å². The van der Waals surface area contributed by atoms with Crippen molar-refractivity contribution in [2.45, 2.75) is 24.9 Å². The molecule has 2 rings (SSSR count). The first-order chi connectivity index (χ1) is 6.92. The van der Waals surface area contributed by atoms with Crippen LogP contribution in [0.4, 0.5) is 13.2 Å². The molecule has 1 saturated heterocycles. The number of alkyl halides is 3. The second-order valence-electron chi connectivity index (χ2n) is 3.53. The quantitative estimate of drug-likeness (QED) is 0.789. The predicted molar refractivity (Wildman–Crippen MR) is 45.0 cm³/mol. The van der Waals surface area contributed by atoms with E-state index in [1.807, 2.05) is 0 Å². The fourth-order valence-corrected chi connectivity index (χ4v) is 1.46. The summed E-state index contributed by atoms with van der Waals surface area (Å²) < 4.78 is 47.5. The number of ether oxygens (including phenoxy) is 1. The standard InChI is InChI=1S/C9H10F3NO2/c1-8(9(10,11)12)13-5-7(15-8)6-3-2-4-14-6/h2-4,7,13H,5H2,1H3. The number of nitrogens with one attached hydrogen (secondary N) is 1. The lowest BCUT2D eigenvalue weighted by molar-refractivity contribution is -0.273. The van der Waals surface area contributed by atoms with Crippen LogP contribution < -0.4 is 5.32 Å². The Kier molecular flexibility index (Phi) is 2.27. The summed E-state index contributed by atoms with van der Waals surface area (Å²) in [6.07, 6.45) is -3.72. The summed E-state index contributed by atoms with van der Waals surface area (Å²) in [5, 5.41) is 2.30. The van der Waals surface area contributed by atoms with Gasteiger partial charge in [-0.05, 0) is 19.1 Å². The van der Waals surface area contributed by atoms with Gasteiger partial charge in [0.15, 0.2) is 0 Å². The van der Waals surface area contributed by atoms with E-state index in [9.17, 15) is 13.2 Å². The van der Waals surface area contributed by atoms with Crippen LogP contribution in [0.5, 0.6) is 0 Å². The molecule has 1 aromatic rings. The summed E-state index contributed by atoms with van der Waals surface area (Å²) in [5.74, 6) is 0.399. The Morgan fingerprint density at radius 1 is 1.53 bits per heavy atom. The van der Waals surface area contributed by atoms with E-state index < -0.39 is 18.0 Å². The van der Waals surface area contributed by atoms with Gasteiger partial charge in [0.1, 0.15) is 11.9 Å². The average Bonchev–Trinajstić information content (AvgIpc) is 2.70. The zero-order valence-electron chi connectivity index (χ0n) is 7.97. The molecule has 1 fully saturated rings. The van der Waals surface area contributed by atoms with E-state index >= 15 is 0 Å². The third-order valence-electron chi connectivity index (χ3n) is 2.40. The summed E-state index contributed by atoms with van der Waals surface area (Å²) in [6.45, 7) is 1.06. The maximum Gasteiger partial charge on any atom is 0.430 e. The van der Waals surface area contributed by atoms with E-state index in [0.29, 0.717) is 5.76 Å². The van der Waals surface area contributed by atoms with E-state index in [1.54, 1.807) is 12.1 Å². The Labute approximate surface area is 84.2 Å². The molecule has 0 aromatic carbocycles. The summed E-state index contributed by atoms with van der Waals surface area (Å²) in [5.41, 5.74) is -2.29. The van der Waals surface area contributed by atoms with Crippen molar-refractivity contribution < 1.29 is 22.3 Å². The van der Waals surface area contributed by atoms with Crippen molar-refractivity contribution >= 4 is 0 Å². The first kappa shape index (κ1) is 10.5. The second kappa shape index (κ2) is 3.24. The molecular weight excluding hydrogens is 211 g/mol. The van der Waals surface area contributed by atoms with Crippen LogP contribution in [0.3, 0.4) is 0 Å². The molecule has 3 nitrogen and oxygen atoms in total. The molecule has 0 aliphatic carbocycles. The molecule has 1 N–H and O–H groups in total. The Hall–Kier alpha value is -1.01. The molecule has 6 heteroatoms. The maximum atomic E-state index is 12.5. The molecule has 1 aliphatic heterocycles. The topological polar surface area (TPSA) is 34.4 Å². The van der Waals surface area contributed by atoms with Gasteiger partial charge in [0.25, 0.3) is 0 Å². The molecule has 2 unspecified atom stereocenters. The highest BCUT2D eigenvalue weighted by molar-refractivity contribution is 5.06. The van der Waals surface area contributed by atoms with Crippen molar-refractivity contribution in [3.8, 4) is 0 Å². The van der Waals surface area contributed by atoms with Gasteiger partial charge >= 0.3 is 6.18 Å². The van der Waals surface area contributed by atoms with E-state index in [1.165, 1.54) is 6.26 Å². The zero-order valence-corrected chi connectivity index (χ0v) is 7.97. The molecule has 2 atom stereocenters. The van der Waals surface area contributed by atoms with Gasteiger partial charge in [-0.3, -0.25) is 5.32 Å². The highest BCUT2D eigenvalue weighted by Gasteiger charge is 2.57. The number of halogens is 3. The smallest absolute Gasteiger partial charge is 0.430 e. The molecule has 15 heavy (non-hydrogen) atoms. The van der Waals surface area contributed by atoms with Crippen LogP contribution >= 0.6 is 0 Å². The molecule has 1 aromatic heterocycles. The van der Waals surface area contributed by atoms with E-state index in [0.717, 1.165) is 6.92 Å². The monoisotopic (exact) mass is 221 g/mol. The van der Waals surface area contributed by atoms with Crippen LogP contribution in [0.25, 0.3) is 0 Å². The number of hydrogen-bond donors (Lipinski definition) is 1. The number of hydrogen-bond acceptors (Lipinski definition) is 3. The van der Waals surface area contributed by atoms with Gasteiger partial charge in [0.2, 0.25) is 5.72 Å². The van der Waals surface area contributed by atoms with Gasteiger partial charge in [0, 0.05) is 6.54 Å². The second-order valence-corrected chi connectivity index (χ2v) is 3.53. The molecule has 2 heterocycles. The van der Waals surface area contributed by atoms with Gasteiger partial charge in [-0.15, -0.1) is 0 Å². The summed E-state index contributed by atoms with van der Waals surface area (Å²) in [6, 6.07) is 3.20. The first-order valence-electron chi connectivity index (χ1n) is 4.45. The summed E-state index contributed by atoms with van der Waals surface area (Å²) in [4.78, 5) is 0. The highest BCUT2D eigenvalue weighted by atomic mass is 19.4. The Balaban J connectivity index is 2.13. The predicted octanol–water partition coefficient (Wildman–Crippen LogP) is 2.22. The normalized spacial score (nSPS) is 32.1. The lowest BCUT2D eigenvalue weighted by Crippen LogP contribution is -2.51. The maximum absolute atomic E-state index is 12.5. The van der Waals surface area contributed by atoms with Crippen molar-refractivity contribution in [3.05, 3.63) is 24.2 Å². The lowest BCUT2D eigenvalue weighted by atomic mass is 10.3. The average molecular weight is 221 g/mol. The van der Waals surface area contributed by atoms with Gasteiger partial charge in [-0.1, -0.05) is 0 Å². The van der Waals surface area contributed by atoms with Crippen LogP contribution in [0.2, 0.25) is 0 Å². The van der Waals surface area contributed by atoms with Crippen LogP contribution in [0.1, 0.15) is 18.8 Å². The Bertz CT molecular complexity index is 336. The van der Waals surface area contributed by atoms with E-state index in [2.05, 4.69) is 5.32 Å². The van der Waals surface area contributed by atoms with E-state index in [4.69, 9.17) is 9.15 Å². The SMILES string of the molecule is CC1(C(F)(F)F)NCC(c2ccco2)O1. The molecule has 0 bridgehead atoms. The van der Waals surface area contributed by atoms with Gasteiger partial charge in [0.05, 0.1) is 6.26 Å². The Morgan fingerprint density at radius 3 is 2.73 bits per heavy atom. The largest absolute Gasteiger partial charge is 0.467 e. The van der Waals surface area contributed by atoms with Crippen LogP contribution in [-0.2, 0) is 4.74 Å². The molecule has 0 spiro atoms. The third-order valence-corrected chi connectivity index (χ3v) is 2.40. The van der Waals surface area contributed by atoms with Crippen LogP contribution in [-0.4, -0.2) is 18.4 Å². The molecule has 0 radical (unpaired) electrons. The van der Waals surface area contributed by atoms with Gasteiger partial charge < -0.3 is 9.15 Å².